The van der Waals surface area contributed by atoms with Gasteiger partial charge >= 0.3 is 0 Å². The zero-order valence-electron chi connectivity index (χ0n) is 20.3. The molecule has 1 amide bonds. The predicted octanol–water partition coefficient (Wildman–Crippen LogP) is 3.36. The molecular weight excluding hydrogens is 460 g/mol. The first-order valence-electron chi connectivity index (χ1n) is 12.5. The topological polar surface area (TPSA) is 74.6 Å². The summed E-state index contributed by atoms with van der Waals surface area (Å²) in [5.41, 5.74) is 2.31. The minimum Gasteiger partial charge on any atom is -0.353 e. The van der Waals surface area contributed by atoms with Crippen molar-refractivity contribution in [1.29, 1.82) is 0 Å². The largest absolute Gasteiger partial charge is 0.353 e. The molecule has 2 aromatic carbocycles. The first kappa shape index (κ1) is 24.0. The SMILES string of the molecule is Cn1ccc2cc(S(=O)(=O)N3CCC[C@H](C(=O)NC4CCN(Cc5ccccc5)CC4)C3)ccc21. The summed E-state index contributed by atoms with van der Waals surface area (Å²) in [4.78, 5) is 15.8. The van der Waals surface area contributed by atoms with Crippen LogP contribution < -0.4 is 5.32 Å². The first-order valence-corrected chi connectivity index (χ1v) is 14.0. The van der Waals surface area contributed by atoms with E-state index in [-0.39, 0.29) is 24.4 Å². The molecule has 2 saturated heterocycles. The van der Waals surface area contributed by atoms with Crippen LogP contribution in [0.1, 0.15) is 31.2 Å². The molecule has 3 heterocycles. The van der Waals surface area contributed by atoms with Gasteiger partial charge in [0.1, 0.15) is 0 Å². The molecule has 2 aliphatic heterocycles. The molecule has 1 aromatic heterocycles. The summed E-state index contributed by atoms with van der Waals surface area (Å²) in [7, 11) is -1.70. The number of carbonyl (C=O) groups is 1. The van der Waals surface area contributed by atoms with Crippen LogP contribution in [0.15, 0.2) is 65.7 Å². The van der Waals surface area contributed by atoms with Gasteiger partial charge in [0.05, 0.1) is 10.8 Å². The number of fused-ring (bicyclic) bond motifs is 1. The van der Waals surface area contributed by atoms with Crippen LogP contribution in [0.3, 0.4) is 0 Å². The van der Waals surface area contributed by atoms with Gasteiger partial charge in [-0.05, 0) is 55.5 Å². The van der Waals surface area contributed by atoms with Crippen molar-refractivity contribution in [1.82, 2.24) is 19.1 Å². The Morgan fingerprint density at radius 1 is 1.00 bits per heavy atom. The quantitative estimate of drug-likeness (QED) is 0.570. The highest BCUT2D eigenvalue weighted by Gasteiger charge is 2.34. The highest BCUT2D eigenvalue weighted by Crippen LogP contribution is 2.27. The van der Waals surface area contributed by atoms with Crippen LogP contribution in [0.2, 0.25) is 0 Å². The molecule has 0 saturated carbocycles. The number of amides is 1. The summed E-state index contributed by atoms with van der Waals surface area (Å²) in [5, 5.41) is 4.12. The van der Waals surface area contributed by atoms with Crippen LogP contribution in [0, 0.1) is 5.92 Å². The third-order valence-electron chi connectivity index (χ3n) is 7.43. The Labute approximate surface area is 207 Å². The van der Waals surface area contributed by atoms with Gasteiger partial charge in [-0.2, -0.15) is 4.31 Å². The minimum absolute atomic E-state index is 0.00933. The van der Waals surface area contributed by atoms with E-state index in [1.807, 2.05) is 36.0 Å². The van der Waals surface area contributed by atoms with Crippen LogP contribution >= 0.6 is 0 Å². The minimum atomic E-state index is -3.64. The van der Waals surface area contributed by atoms with Gasteiger partial charge in [0.2, 0.25) is 15.9 Å². The molecule has 1 atom stereocenters. The van der Waals surface area contributed by atoms with E-state index in [1.54, 1.807) is 12.1 Å². The number of nitrogens with one attached hydrogen (secondary N) is 1. The summed E-state index contributed by atoms with van der Waals surface area (Å²) in [5.74, 6) is -0.314. The number of sulfonamides is 1. The zero-order valence-corrected chi connectivity index (χ0v) is 21.1. The van der Waals surface area contributed by atoms with E-state index in [2.05, 4.69) is 34.5 Å². The summed E-state index contributed by atoms with van der Waals surface area (Å²) in [6, 6.07) is 17.8. The molecular formula is C27H34N4O3S. The lowest BCUT2D eigenvalue weighted by atomic mass is 9.97. The average Bonchev–Trinajstić information content (AvgIpc) is 3.26. The molecule has 5 rings (SSSR count). The lowest BCUT2D eigenvalue weighted by Crippen LogP contribution is -2.50. The molecule has 2 fully saturated rings. The average molecular weight is 495 g/mol. The van der Waals surface area contributed by atoms with Crippen LogP contribution in [0.25, 0.3) is 10.9 Å². The van der Waals surface area contributed by atoms with Gasteiger partial charge < -0.3 is 9.88 Å². The molecule has 0 bridgehead atoms. The highest BCUT2D eigenvalue weighted by atomic mass is 32.2. The van der Waals surface area contributed by atoms with E-state index in [1.165, 1.54) is 9.87 Å². The van der Waals surface area contributed by atoms with Gasteiger partial charge in [-0.3, -0.25) is 9.69 Å². The van der Waals surface area contributed by atoms with E-state index < -0.39 is 10.0 Å². The Morgan fingerprint density at radius 2 is 1.77 bits per heavy atom. The van der Waals surface area contributed by atoms with Crippen molar-refractivity contribution in [2.45, 2.75) is 43.2 Å². The third-order valence-corrected chi connectivity index (χ3v) is 9.29. The van der Waals surface area contributed by atoms with Crippen molar-refractivity contribution in [3.05, 3.63) is 66.4 Å². The van der Waals surface area contributed by atoms with Crippen LogP contribution in [-0.2, 0) is 28.4 Å². The number of nitrogens with zero attached hydrogens (tertiary/aromatic N) is 3. The Balaban J connectivity index is 1.17. The monoisotopic (exact) mass is 494 g/mol. The fraction of sp³-hybridized carbons (Fsp3) is 0.444. The summed E-state index contributed by atoms with van der Waals surface area (Å²) in [6.07, 6.45) is 5.19. The maximum atomic E-state index is 13.4. The third kappa shape index (κ3) is 5.29. The number of piperidine rings is 2. The number of aromatic nitrogens is 1. The number of benzene rings is 2. The molecule has 0 unspecified atom stereocenters. The molecule has 0 aliphatic carbocycles. The number of hydrogen-bond donors (Lipinski definition) is 1. The van der Waals surface area contributed by atoms with Crippen molar-refractivity contribution < 1.29 is 13.2 Å². The normalized spacial score (nSPS) is 20.8. The van der Waals surface area contributed by atoms with Gasteiger partial charge in [-0.15, -0.1) is 0 Å². The van der Waals surface area contributed by atoms with Crippen molar-refractivity contribution >= 4 is 26.8 Å². The predicted molar refractivity (Wildman–Crippen MR) is 137 cm³/mol. The van der Waals surface area contributed by atoms with Gasteiger partial charge in [0.15, 0.2) is 0 Å². The summed E-state index contributed by atoms with van der Waals surface area (Å²) < 4.78 is 30.2. The Hall–Kier alpha value is -2.68. The summed E-state index contributed by atoms with van der Waals surface area (Å²) in [6.45, 7) is 3.54. The zero-order chi connectivity index (χ0) is 24.4. The molecule has 3 aromatic rings. The summed E-state index contributed by atoms with van der Waals surface area (Å²) >= 11 is 0. The van der Waals surface area contributed by atoms with Gasteiger partial charge in [-0.25, -0.2) is 8.42 Å². The van der Waals surface area contributed by atoms with Crippen molar-refractivity contribution in [3.63, 3.8) is 0 Å². The van der Waals surface area contributed by atoms with E-state index in [0.29, 0.717) is 17.9 Å². The second-order valence-corrected chi connectivity index (χ2v) is 11.8. The number of rotatable bonds is 6. The lowest BCUT2D eigenvalue weighted by Gasteiger charge is -2.35. The molecule has 186 valence electrons. The standard InChI is InChI=1S/C27H34N4O3S/c1-29-15-11-22-18-25(9-10-26(22)29)35(33,34)31-14-5-8-23(20-31)27(32)28-24-12-16-30(17-13-24)19-21-6-3-2-4-7-21/h2-4,6-7,9-11,15,18,23-24H,5,8,12-14,16-17,19-20H2,1H3,(H,28,32)/t23-/m0/s1. The Kier molecular flexibility index (Phi) is 6.95. The van der Waals surface area contributed by atoms with E-state index in [9.17, 15) is 13.2 Å². The second-order valence-electron chi connectivity index (χ2n) is 9.89. The first-order chi connectivity index (χ1) is 16.9. The number of hydrogen-bond acceptors (Lipinski definition) is 4. The van der Waals surface area contributed by atoms with E-state index in [0.717, 1.165) is 49.8 Å². The smallest absolute Gasteiger partial charge is 0.243 e. The molecule has 0 radical (unpaired) electrons. The van der Waals surface area contributed by atoms with E-state index in [4.69, 9.17) is 0 Å². The van der Waals surface area contributed by atoms with Gasteiger partial charge in [0, 0.05) is 62.9 Å². The Bertz CT molecular complexity index is 1280. The van der Waals surface area contributed by atoms with Crippen LogP contribution in [0.5, 0.6) is 0 Å². The highest BCUT2D eigenvalue weighted by molar-refractivity contribution is 7.89. The Morgan fingerprint density at radius 3 is 2.54 bits per heavy atom. The van der Waals surface area contributed by atoms with Crippen molar-refractivity contribution in [2.75, 3.05) is 26.2 Å². The second kappa shape index (κ2) is 10.1. The van der Waals surface area contributed by atoms with Crippen molar-refractivity contribution in [3.8, 4) is 0 Å². The lowest BCUT2D eigenvalue weighted by molar-refractivity contribution is -0.127. The van der Waals surface area contributed by atoms with Gasteiger partial charge in [-0.1, -0.05) is 30.3 Å². The van der Waals surface area contributed by atoms with Gasteiger partial charge in [0.25, 0.3) is 0 Å². The number of likely N-dealkylation sites (tertiary alicyclic amines) is 1. The fourth-order valence-electron chi connectivity index (χ4n) is 5.34. The van der Waals surface area contributed by atoms with E-state index >= 15 is 0 Å². The molecule has 8 heteroatoms. The van der Waals surface area contributed by atoms with Crippen molar-refractivity contribution in [2.24, 2.45) is 13.0 Å². The molecule has 0 spiro atoms. The molecule has 2 aliphatic rings. The fourth-order valence-corrected chi connectivity index (χ4v) is 6.90. The number of aryl methyl sites for hydroxylation is 1. The number of carbonyl (C=O) groups excluding carboxylic acids is 1. The van der Waals surface area contributed by atoms with Crippen LogP contribution in [-0.4, -0.2) is 60.3 Å². The molecule has 35 heavy (non-hydrogen) atoms. The maximum absolute atomic E-state index is 13.4. The molecule has 7 nitrogen and oxygen atoms in total. The van der Waals surface area contributed by atoms with Crippen LogP contribution in [0.4, 0.5) is 0 Å². The maximum Gasteiger partial charge on any atom is 0.243 e. The molecule has 1 N–H and O–H groups in total.